The third-order valence-corrected chi connectivity index (χ3v) is 14.0. The molecule has 2 rings (SSSR count). The lowest BCUT2D eigenvalue weighted by molar-refractivity contribution is 0.529. The van der Waals surface area contributed by atoms with Gasteiger partial charge in [-0.1, -0.05) is 263 Å². The predicted octanol–water partition coefficient (Wildman–Crippen LogP) is 20.0. The van der Waals surface area contributed by atoms with E-state index in [-0.39, 0.29) is 0 Å². The molecule has 0 atom stereocenters. The van der Waals surface area contributed by atoms with Crippen molar-refractivity contribution in [2.24, 2.45) is 0 Å². The van der Waals surface area contributed by atoms with E-state index in [1.807, 2.05) is 0 Å². The molecule has 0 fully saturated rings. The molecule has 0 aliphatic heterocycles. The molecular weight excluding hydrogens is 800 g/mol. The van der Waals surface area contributed by atoms with Crippen molar-refractivity contribution in [2.75, 3.05) is 0 Å². The molecule has 1 heteroatoms. The largest absolute Gasteiger partial charge is 0.0654 e. The molecule has 0 aliphatic carbocycles. The number of benzene rings is 2. The molecule has 0 N–H and O–H groups in total. The van der Waals surface area contributed by atoms with Crippen LogP contribution in [0.25, 0.3) is 12.2 Å². The summed E-state index contributed by atoms with van der Waals surface area (Å²) in [5.41, 5.74) is 9.98. The van der Waals surface area contributed by atoms with E-state index in [1.165, 1.54) is 250 Å². The van der Waals surface area contributed by atoms with Crippen LogP contribution in [0, 0.1) is 3.57 Å². The lowest BCUT2D eigenvalue weighted by atomic mass is 9.82. The van der Waals surface area contributed by atoms with Crippen molar-refractivity contribution in [1.29, 1.82) is 0 Å². The molecule has 0 saturated heterocycles. The van der Waals surface area contributed by atoms with Gasteiger partial charge in [0.15, 0.2) is 0 Å². The first-order valence-corrected chi connectivity index (χ1v) is 26.8. The summed E-state index contributed by atoms with van der Waals surface area (Å²) in [5.74, 6) is 0. The average molecular weight is 895 g/mol. The molecule has 326 valence electrons. The summed E-state index contributed by atoms with van der Waals surface area (Å²) >= 11 is 2.82. The highest BCUT2D eigenvalue weighted by Gasteiger charge is 2.21. The zero-order chi connectivity index (χ0) is 40.9. The van der Waals surface area contributed by atoms with E-state index in [0.717, 1.165) is 0 Å². The fourth-order valence-electron chi connectivity index (χ4n) is 9.12. The Morgan fingerprint density at radius 1 is 0.316 bits per heavy atom. The molecule has 0 saturated carbocycles. The number of unbranched alkanes of at least 4 members (excludes halogenated alkanes) is 30. The van der Waals surface area contributed by atoms with Gasteiger partial charge < -0.3 is 0 Å². The van der Waals surface area contributed by atoms with E-state index < -0.39 is 0 Å². The van der Waals surface area contributed by atoms with Gasteiger partial charge in [0.05, 0.1) is 0 Å². The highest BCUT2D eigenvalue weighted by molar-refractivity contribution is 14.1. The standard InChI is InChI=1S/C56H95I/c1-5-9-13-17-21-22-23-24-25-26-27-28-29-30-34-40-46-53-51(44-38-31-18-14-10-6-2)52(45-39-32-19-15-11-7-3)54(47-41-33-20-16-12-8-4)56(57)55(53)49-48-50-42-36-35-37-43-50/h35-37,42-43,48-49H,5-34,38-41,44-47H2,1-4H3/b49-48+. The van der Waals surface area contributed by atoms with Gasteiger partial charge in [-0.15, -0.1) is 0 Å². The monoisotopic (exact) mass is 895 g/mol. The second-order valence-electron chi connectivity index (χ2n) is 18.0. The molecule has 2 aromatic rings. The van der Waals surface area contributed by atoms with Crippen LogP contribution >= 0.6 is 22.6 Å². The van der Waals surface area contributed by atoms with E-state index in [2.05, 4.69) is 92.8 Å². The Morgan fingerprint density at radius 3 is 0.947 bits per heavy atom. The van der Waals surface area contributed by atoms with Crippen LogP contribution in [0.1, 0.15) is 279 Å². The molecule has 0 nitrogen and oxygen atoms in total. The number of hydrogen-bond donors (Lipinski definition) is 0. The Bertz CT molecular complexity index is 1210. The van der Waals surface area contributed by atoms with Gasteiger partial charge in [0, 0.05) is 3.57 Å². The van der Waals surface area contributed by atoms with E-state index in [4.69, 9.17) is 0 Å². The van der Waals surface area contributed by atoms with Gasteiger partial charge in [-0.05, 0) is 107 Å². The first-order valence-electron chi connectivity index (χ1n) is 25.8. The SMILES string of the molecule is CCCCCCCCCCCCCCCCCCc1c(/C=C/c2ccccc2)c(I)c(CCCCCCCC)c(CCCCCCCC)c1CCCCCCCC. The van der Waals surface area contributed by atoms with Crippen molar-refractivity contribution in [1.82, 2.24) is 0 Å². The Hall–Kier alpha value is -1.09. The maximum Gasteiger partial charge on any atom is 0.0240 e. The predicted molar refractivity (Wildman–Crippen MR) is 269 cm³/mol. The first-order chi connectivity index (χ1) is 28.2. The van der Waals surface area contributed by atoms with Crippen molar-refractivity contribution in [2.45, 2.75) is 272 Å². The van der Waals surface area contributed by atoms with Crippen molar-refractivity contribution in [3.8, 4) is 0 Å². The van der Waals surface area contributed by atoms with Gasteiger partial charge in [-0.2, -0.15) is 0 Å². The molecule has 0 radical (unpaired) electrons. The van der Waals surface area contributed by atoms with E-state index in [0.29, 0.717) is 0 Å². The Labute approximate surface area is 371 Å². The summed E-state index contributed by atoms with van der Waals surface area (Å²) in [5, 5.41) is 0. The van der Waals surface area contributed by atoms with Crippen molar-refractivity contribution in [3.05, 3.63) is 67.3 Å². The molecule has 0 unspecified atom stereocenters. The average Bonchev–Trinajstić information content (AvgIpc) is 3.23. The second kappa shape index (κ2) is 37.9. The molecule has 2 aromatic carbocycles. The van der Waals surface area contributed by atoms with Crippen LogP contribution in [0.2, 0.25) is 0 Å². The Morgan fingerprint density at radius 2 is 0.596 bits per heavy atom. The number of rotatable bonds is 40. The summed E-state index contributed by atoms with van der Waals surface area (Å²) in [6.07, 6.45) is 57.9. The van der Waals surface area contributed by atoms with Crippen LogP contribution in [-0.2, 0) is 25.7 Å². The zero-order valence-electron chi connectivity index (χ0n) is 38.8. The molecule has 57 heavy (non-hydrogen) atoms. The molecule has 0 aromatic heterocycles. The topological polar surface area (TPSA) is 0 Å². The van der Waals surface area contributed by atoms with Gasteiger partial charge in [-0.25, -0.2) is 0 Å². The summed E-state index contributed by atoms with van der Waals surface area (Å²) < 4.78 is 1.59. The van der Waals surface area contributed by atoms with Crippen LogP contribution in [0.15, 0.2) is 30.3 Å². The van der Waals surface area contributed by atoms with Crippen molar-refractivity contribution < 1.29 is 0 Å². The summed E-state index contributed by atoms with van der Waals surface area (Å²) in [4.78, 5) is 0. The van der Waals surface area contributed by atoms with E-state index in [9.17, 15) is 0 Å². The van der Waals surface area contributed by atoms with E-state index >= 15 is 0 Å². The molecule has 0 spiro atoms. The van der Waals surface area contributed by atoms with Crippen molar-refractivity contribution >= 4 is 34.7 Å². The molecule has 0 bridgehead atoms. The van der Waals surface area contributed by atoms with Crippen LogP contribution in [0.3, 0.4) is 0 Å². The lowest BCUT2D eigenvalue weighted by Crippen LogP contribution is -2.12. The highest BCUT2D eigenvalue weighted by atomic mass is 127. The molecule has 0 amide bonds. The van der Waals surface area contributed by atoms with Crippen LogP contribution < -0.4 is 0 Å². The van der Waals surface area contributed by atoms with Gasteiger partial charge >= 0.3 is 0 Å². The van der Waals surface area contributed by atoms with Gasteiger partial charge in [0.1, 0.15) is 0 Å². The maximum absolute atomic E-state index is 2.82. The fraction of sp³-hybridized carbons (Fsp3) is 0.750. The molecule has 0 aliphatic rings. The minimum atomic E-state index is 1.26. The lowest BCUT2D eigenvalue weighted by Gasteiger charge is -2.25. The number of hydrogen-bond acceptors (Lipinski definition) is 0. The minimum absolute atomic E-state index is 1.26. The smallest absolute Gasteiger partial charge is 0.0240 e. The van der Waals surface area contributed by atoms with Crippen LogP contribution in [0.5, 0.6) is 0 Å². The van der Waals surface area contributed by atoms with Crippen molar-refractivity contribution in [3.63, 3.8) is 0 Å². The first kappa shape index (κ1) is 52.0. The van der Waals surface area contributed by atoms with Crippen LogP contribution in [-0.4, -0.2) is 0 Å². The third-order valence-electron chi connectivity index (χ3n) is 12.8. The molecular formula is C56H95I. The quantitative estimate of drug-likeness (QED) is 0.0355. The maximum atomic E-state index is 2.82. The van der Waals surface area contributed by atoms with E-state index in [1.54, 1.807) is 31.4 Å². The Kier molecular flexibility index (Phi) is 34.6. The fourth-order valence-corrected chi connectivity index (χ4v) is 10.2. The normalized spacial score (nSPS) is 11.7. The van der Waals surface area contributed by atoms with Gasteiger partial charge in [0.25, 0.3) is 0 Å². The molecule has 0 heterocycles. The zero-order valence-corrected chi connectivity index (χ0v) is 40.9. The van der Waals surface area contributed by atoms with Gasteiger partial charge in [0.2, 0.25) is 0 Å². The third kappa shape index (κ3) is 25.3. The highest BCUT2D eigenvalue weighted by Crippen LogP contribution is 2.36. The van der Waals surface area contributed by atoms with Crippen LogP contribution in [0.4, 0.5) is 0 Å². The second-order valence-corrected chi connectivity index (χ2v) is 19.1. The minimum Gasteiger partial charge on any atom is -0.0654 e. The summed E-state index contributed by atoms with van der Waals surface area (Å²) in [7, 11) is 0. The number of halogens is 1. The summed E-state index contributed by atoms with van der Waals surface area (Å²) in [6.45, 7) is 9.35. The Balaban J connectivity index is 2.23. The summed E-state index contributed by atoms with van der Waals surface area (Å²) in [6, 6.07) is 11.1. The van der Waals surface area contributed by atoms with Gasteiger partial charge in [-0.3, -0.25) is 0 Å².